The second-order valence-electron chi connectivity index (χ2n) is 7.13. The smallest absolute Gasteiger partial charge is 0.251 e. The van der Waals surface area contributed by atoms with E-state index in [4.69, 9.17) is 16.3 Å². The molecule has 0 saturated carbocycles. The second kappa shape index (κ2) is 11.7. The number of anilines is 1. The van der Waals surface area contributed by atoms with E-state index < -0.39 is 11.9 Å². The van der Waals surface area contributed by atoms with Gasteiger partial charge in [-0.15, -0.1) is 16.8 Å². The third kappa shape index (κ3) is 6.36. The van der Waals surface area contributed by atoms with Gasteiger partial charge in [0.25, 0.3) is 5.91 Å². The molecule has 3 aromatic rings. The zero-order chi connectivity index (χ0) is 24.7. The maximum Gasteiger partial charge on any atom is 0.251 e. The Kier molecular flexibility index (Phi) is 8.67. The Morgan fingerprint density at radius 1 is 1.26 bits per heavy atom. The molecule has 178 valence electrons. The number of hydrogen-bond acceptors (Lipinski definition) is 6. The molecule has 0 fully saturated rings. The van der Waals surface area contributed by atoms with Gasteiger partial charge in [-0.25, -0.2) is 4.39 Å². The molecule has 1 heterocycles. The molecule has 1 atom stereocenters. The van der Waals surface area contributed by atoms with Gasteiger partial charge in [0, 0.05) is 17.8 Å². The molecule has 0 unspecified atom stereocenters. The molecule has 0 spiro atoms. The predicted octanol–water partition coefficient (Wildman–Crippen LogP) is 4.49. The topological polar surface area (TPSA) is 98.1 Å². The summed E-state index contributed by atoms with van der Waals surface area (Å²) in [6.45, 7) is 5.95. The molecule has 2 aromatic carbocycles. The third-order valence-electron chi connectivity index (χ3n) is 4.68. The predicted molar refractivity (Wildman–Crippen MR) is 130 cm³/mol. The quantitative estimate of drug-likeness (QED) is 0.312. The molecule has 34 heavy (non-hydrogen) atoms. The van der Waals surface area contributed by atoms with Gasteiger partial charge in [0.2, 0.25) is 5.91 Å². The minimum atomic E-state index is -0.563. The van der Waals surface area contributed by atoms with Crippen molar-refractivity contribution >= 4 is 40.9 Å². The zero-order valence-electron chi connectivity index (χ0n) is 18.5. The van der Waals surface area contributed by atoms with Crippen LogP contribution in [0, 0.1) is 5.82 Å². The van der Waals surface area contributed by atoms with Gasteiger partial charge in [-0.05, 0) is 49.4 Å². The lowest BCUT2D eigenvalue weighted by molar-refractivity contribution is -0.113. The van der Waals surface area contributed by atoms with E-state index in [1.165, 1.54) is 30.0 Å². The van der Waals surface area contributed by atoms with Crippen LogP contribution in [0.4, 0.5) is 10.1 Å². The molecular weight excluding hydrogens is 481 g/mol. The third-order valence-corrected chi connectivity index (χ3v) is 5.94. The van der Waals surface area contributed by atoms with Crippen LogP contribution in [0.2, 0.25) is 5.02 Å². The SMILES string of the molecule is C=CCn1c(SCC(=O)Nc2ccc(F)c(Cl)c2)nnc1[C@@H](C)NC(=O)c1ccc(OC)cc1. The fourth-order valence-electron chi connectivity index (χ4n) is 3.02. The molecule has 0 bridgehead atoms. The van der Waals surface area contributed by atoms with Crippen LogP contribution in [0.5, 0.6) is 5.75 Å². The first-order chi connectivity index (χ1) is 16.3. The van der Waals surface area contributed by atoms with Crippen molar-refractivity contribution < 1.29 is 18.7 Å². The van der Waals surface area contributed by atoms with E-state index in [-0.39, 0.29) is 22.6 Å². The van der Waals surface area contributed by atoms with Crippen molar-refractivity contribution in [2.45, 2.75) is 24.7 Å². The summed E-state index contributed by atoms with van der Waals surface area (Å²) in [4.78, 5) is 24.9. The Morgan fingerprint density at radius 3 is 2.65 bits per heavy atom. The number of methoxy groups -OCH3 is 1. The van der Waals surface area contributed by atoms with E-state index in [1.54, 1.807) is 48.9 Å². The van der Waals surface area contributed by atoms with Gasteiger partial charge in [0.05, 0.1) is 23.9 Å². The van der Waals surface area contributed by atoms with Crippen LogP contribution in [0.1, 0.15) is 29.1 Å². The van der Waals surface area contributed by atoms with E-state index in [0.717, 1.165) is 0 Å². The van der Waals surface area contributed by atoms with Crippen molar-refractivity contribution in [3.05, 3.63) is 77.3 Å². The number of carbonyl (C=O) groups is 2. The summed E-state index contributed by atoms with van der Waals surface area (Å²) in [7, 11) is 1.56. The standard InChI is InChI=1S/C23H23ClFN5O3S/c1-4-11-30-21(14(2)26-22(32)15-5-8-17(33-3)9-6-15)28-29-23(30)34-13-20(31)27-16-7-10-19(25)18(24)12-16/h4-10,12,14H,1,11,13H2,2-3H3,(H,26,32)(H,27,31)/t14-/m1/s1. The van der Waals surface area contributed by atoms with Crippen LogP contribution in [0.15, 0.2) is 60.3 Å². The van der Waals surface area contributed by atoms with Crippen LogP contribution in [-0.4, -0.2) is 39.4 Å². The summed E-state index contributed by atoms with van der Waals surface area (Å²) in [5.74, 6) is 0.0700. The minimum Gasteiger partial charge on any atom is -0.497 e. The highest BCUT2D eigenvalue weighted by molar-refractivity contribution is 7.99. The van der Waals surface area contributed by atoms with Gasteiger partial charge in [-0.3, -0.25) is 9.59 Å². The molecule has 3 rings (SSSR count). The first-order valence-corrected chi connectivity index (χ1v) is 11.5. The summed E-state index contributed by atoms with van der Waals surface area (Å²) >= 11 is 6.92. The van der Waals surface area contributed by atoms with Crippen LogP contribution < -0.4 is 15.4 Å². The summed E-state index contributed by atoms with van der Waals surface area (Å²) in [5.41, 5.74) is 0.870. The first-order valence-electron chi connectivity index (χ1n) is 10.2. The number of rotatable bonds is 10. The largest absolute Gasteiger partial charge is 0.497 e. The lowest BCUT2D eigenvalue weighted by Gasteiger charge is -2.15. The minimum absolute atomic E-state index is 0.0386. The van der Waals surface area contributed by atoms with E-state index in [1.807, 2.05) is 0 Å². The van der Waals surface area contributed by atoms with E-state index in [0.29, 0.717) is 34.5 Å². The van der Waals surface area contributed by atoms with Gasteiger partial charge in [-0.1, -0.05) is 29.4 Å². The van der Waals surface area contributed by atoms with Gasteiger partial charge in [0.15, 0.2) is 11.0 Å². The number of ether oxygens (including phenoxy) is 1. The maximum atomic E-state index is 13.3. The Labute approximate surface area is 205 Å². The highest BCUT2D eigenvalue weighted by Gasteiger charge is 2.20. The number of halogens is 2. The Hall–Kier alpha value is -3.37. The number of hydrogen-bond donors (Lipinski definition) is 2. The fraction of sp³-hybridized carbons (Fsp3) is 0.217. The lowest BCUT2D eigenvalue weighted by Crippen LogP contribution is -2.28. The number of amides is 2. The molecule has 0 aliphatic rings. The van der Waals surface area contributed by atoms with Crippen molar-refractivity contribution in [1.82, 2.24) is 20.1 Å². The Bertz CT molecular complexity index is 1190. The number of carbonyl (C=O) groups excluding carboxylic acids is 2. The molecule has 0 saturated heterocycles. The normalized spacial score (nSPS) is 11.5. The molecule has 8 nitrogen and oxygen atoms in total. The number of benzene rings is 2. The van der Waals surface area contributed by atoms with Gasteiger partial charge in [0.1, 0.15) is 11.6 Å². The number of allylic oxidation sites excluding steroid dienone is 1. The molecule has 11 heteroatoms. The van der Waals surface area contributed by atoms with Gasteiger partial charge >= 0.3 is 0 Å². The fourth-order valence-corrected chi connectivity index (χ4v) is 3.95. The number of thioether (sulfide) groups is 1. The van der Waals surface area contributed by atoms with Crippen molar-refractivity contribution in [1.29, 1.82) is 0 Å². The Balaban J connectivity index is 1.65. The van der Waals surface area contributed by atoms with E-state index in [2.05, 4.69) is 27.4 Å². The molecule has 1 aromatic heterocycles. The van der Waals surface area contributed by atoms with Crippen molar-refractivity contribution in [2.24, 2.45) is 0 Å². The second-order valence-corrected chi connectivity index (χ2v) is 8.48. The van der Waals surface area contributed by atoms with Crippen LogP contribution in [-0.2, 0) is 11.3 Å². The monoisotopic (exact) mass is 503 g/mol. The number of nitrogens with zero attached hydrogens (tertiary/aromatic N) is 3. The Morgan fingerprint density at radius 2 is 2.00 bits per heavy atom. The van der Waals surface area contributed by atoms with Gasteiger partial charge in [-0.2, -0.15) is 0 Å². The molecule has 2 N–H and O–H groups in total. The summed E-state index contributed by atoms with van der Waals surface area (Å²) in [5, 5.41) is 14.4. The van der Waals surface area contributed by atoms with Gasteiger partial charge < -0.3 is 19.9 Å². The van der Waals surface area contributed by atoms with Crippen LogP contribution in [0.3, 0.4) is 0 Å². The van der Waals surface area contributed by atoms with Crippen LogP contribution in [0.25, 0.3) is 0 Å². The van der Waals surface area contributed by atoms with Crippen molar-refractivity contribution in [2.75, 3.05) is 18.2 Å². The van der Waals surface area contributed by atoms with Crippen molar-refractivity contribution in [3.8, 4) is 5.75 Å². The molecular formula is C23H23ClFN5O3S. The average Bonchev–Trinajstić information content (AvgIpc) is 3.23. The lowest BCUT2D eigenvalue weighted by atomic mass is 10.2. The zero-order valence-corrected chi connectivity index (χ0v) is 20.1. The summed E-state index contributed by atoms with van der Waals surface area (Å²) in [6, 6.07) is 10.2. The average molecular weight is 504 g/mol. The highest BCUT2D eigenvalue weighted by Crippen LogP contribution is 2.23. The molecule has 0 aliphatic carbocycles. The van der Waals surface area contributed by atoms with Crippen LogP contribution >= 0.6 is 23.4 Å². The summed E-state index contributed by atoms with van der Waals surface area (Å²) in [6.07, 6.45) is 1.68. The molecule has 0 radical (unpaired) electrons. The number of aromatic nitrogens is 3. The van der Waals surface area contributed by atoms with Crippen molar-refractivity contribution in [3.63, 3.8) is 0 Å². The van der Waals surface area contributed by atoms with E-state index in [9.17, 15) is 14.0 Å². The molecule has 2 amide bonds. The highest BCUT2D eigenvalue weighted by atomic mass is 35.5. The molecule has 0 aliphatic heterocycles. The summed E-state index contributed by atoms with van der Waals surface area (Å²) < 4.78 is 20.2. The first kappa shape index (κ1) is 25.3. The van der Waals surface area contributed by atoms with E-state index >= 15 is 0 Å². The number of nitrogens with one attached hydrogen (secondary N) is 2. The maximum absolute atomic E-state index is 13.3.